The van der Waals surface area contributed by atoms with E-state index >= 15 is 0 Å². The van der Waals surface area contributed by atoms with Crippen LogP contribution in [0.2, 0.25) is 0 Å². The third kappa shape index (κ3) is 4.46. The molecule has 2 aliphatic rings. The number of para-hydroxylation sites is 1. The molecule has 0 saturated heterocycles. The largest absolute Gasteiger partial charge is 0.310 e. The maximum atomic E-state index is 2.47. The maximum absolute atomic E-state index is 2.47. The molecule has 1 nitrogen and oxygen atoms in total. The van der Waals surface area contributed by atoms with E-state index in [1.807, 2.05) is 0 Å². The van der Waals surface area contributed by atoms with Gasteiger partial charge in [0.2, 0.25) is 0 Å². The Bertz CT molecular complexity index is 2380. The first-order chi connectivity index (χ1) is 23.8. The van der Waals surface area contributed by atoms with Crippen molar-refractivity contribution in [3.63, 3.8) is 0 Å². The van der Waals surface area contributed by atoms with E-state index in [1.165, 1.54) is 66.8 Å². The predicted octanol–water partition coefficient (Wildman–Crippen LogP) is 13.1. The zero-order chi connectivity index (χ0) is 33.3. The van der Waals surface area contributed by atoms with Crippen LogP contribution >= 0.6 is 0 Å². The summed E-state index contributed by atoms with van der Waals surface area (Å²) in [7, 11) is 0. The van der Waals surface area contributed by atoms with E-state index in [-0.39, 0.29) is 10.8 Å². The van der Waals surface area contributed by atoms with Gasteiger partial charge in [0, 0.05) is 27.8 Å². The number of fused-ring (bicyclic) bond motifs is 6. The third-order valence-corrected chi connectivity index (χ3v) is 11.1. The molecule has 7 aromatic rings. The van der Waals surface area contributed by atoms with E-state index in [9.17, 15) is 0 Å². The molecule has 0 radical (unpaired) electrons. The molecule has 49 heavy (non-hydrogen) atoms. The highest BCUT2D eigenvalue weighted by molar-refractivity contribution is 5.98. The van der Waals surface area contributed by atoms with Crippen molar-refractivity contribution in [2.75, 3.05) is 4.90 Å². The van der Waals surface area contributed by atoms with E-state index in [2.05, 4.69) is 196 Å². The van der Waals surface area contributed by atoms with Crippen molar-refractivity contribution >= 4 is 17.1 Å². The van der Waals surface area contributed by atoms with Crippen LogP contribution in [0.1, 0.15) is 49.9 Å². The standard InChI is InChI=1S/C48H39N/c1-47(2)41-23-13-11-20-37(41)39-28-26-33(30-43(39)47)46-36(32-16-7-5-8-17-32)22-15-25-45(46)49(34-18-9-6-10-19-34)35-27-29-40-38-21-12-14-24-42(38)48(3,4)44(40)31-35/h5-31H,1-4H3. The second-order valence-electron chi connectivity index (χ2n) is 14.6. The molecule has 1 heteroatoms. The molecular formula is C48H39N. The quantitative estimate of drug-likeness (QED) is 0.183. The van der Waals surface area contributed by atoms with Gasteiger partial charge in [0.15, 0.2) is 0 Å². The summed E-state index contributed by atoms with van der Waals surface area (Å²) in [6.07, 6.45) is 0. The van der Waals surface area contributed by atoms with Crippen LogP contribution in [-0.2, 0) is 10.8 Å². The van der Waals surface area contributed by atoms with Crippen molar-refractivity contribution in [2.24, 2.45) is 0 Å². The molecule has 0 N–H and O–H groups in total. The van der Waals surface area contributed by atoms with E-state index in [4.69, 9.17) is 0 Å². The van der Waals surface area contributed by atoms with Crippen molar-refractivity contribution in [3.05, 3.63) is 186 Å². The van der Waals surface area contributed by atoms with E-state index in [0.717, 1.165) is 17.1 Å². The molecule has 7 aromatic carbocycles. The van der Waals surface area contributed by atoms with Crippen LogP contribution in [-0.4, -0.2) is 0 Å². The van der Waals surface area contributed by atoms with Crippen molar-refractivity contribution in [1.29, 1.82) is 0 Å². The van der Waals surface area contributed by atoms with Crippen molar-refractivity contribution in [1.82, 2.24) is 0 Å². The van der Waals surface area contributed by atoms with Crippen LogP contribution in [0.3, 0.4) is 0 Å². The normalized spacial score (nSPS) is 14.4. The Labute approximate surface area is 290 Å². The van der Waals surface area contributed by atoms with Crippen molar-refractivity contribution in [3.8, 4) is 44.5 Å². The predicted molar refractivity (Wildman–Crippen MR) is 207 cm³/mol. The van der Waals surface area contributed by atoms with Crippen molar-refractivity contribution < 1.29 is 0 Å². The van der Waals surface area contributed by atoms with Crippen LogP contribution in [0, 0.1) is 0 Å². The van der Waals surface area contributed by atoms with Crippen LogP contribution in [0.5, 0.6) is 0 Å². The van der Waals surface area contributed by atoms with Crippen molar-refractivity contribution in [2.45, 2.75) is 38.5 Å². The van der Waals surface area contributed by atoms with Crippen LogP contribution < -0.4 is 4.90 Å². The molecule has 0 atom stereocenters. The van der Waals surface area contributed by atoms with Gasteiger partial charge in [-0.2, -0.15) is 0 Å². The first-order valence-corrected chi connectivity index (χ1v) is 17.4. The van der Waals surface area contributed by atoms with Gasteiger partial charge in [0.25, 0.3) is 0 Å². The summed E-state index contributed by atoms with van der Waals surface area (Å²) in [6.45, 7) is 9.46. The molecule has 0 fully saturated rings. The number of benzene rings is 7. The third-order valence-electron chi connectivity index (χ3n) is 11.1. The number of rotatable bonds is 5. The molecular weight excluding hydrogens is 591 g/mol. The topological polar surface area (TPSA) is 3.24 Å². The molecule has 0 amide bonds. The fraction of sp³-hybridized carbons (Fsp3) is 0.125. The highest BCUT2D eigenvalue weighted by atomic mass is 15.1. The van der Waals surface area contributed by atoms with E-state index in [1.54, 1.807) is 0 Å². The molecule has 0 heterocycles. The van der Waals surface area contributed by atoms with Crippen LogP contribution in [0.25, 0.3) is 44.5 Å². The summed E-state index contributed by atoms with van der Waals surface area (Å²) in [5.74, 6) is 0. The highest BCUT2D eigenvalue weighted by Gasteiger charge is 2.37. The summed E-state index contributed by atoms with van der Waals surface area (Å²) < 4.78 is 0. The summed E-state index contributed by atoms with van der Waals surface area (Å²) in [5.41, 5.74) is 19.0. The van der Waals surface area contributed by atoms with E-state index in [0.29, 0.717) is 0 Å². The van der Waals surface area contributed by atoms with Gasteiger partial charge >= 0.3 is 0 Å². The monoisotopic (exact) mass is 629 g/mol. The fourth-order valence-electron chi connectivity index (χ4n) is 8.58. The summed E-state index contributed by atoms with van der Waals surface area (Å²) >= 11 is 0. The van der Waals surface area contributed by atoms with Crippen LogP contribution in [0.4, 0.5) is 17.1 Å². The average Bonchev–Trinajstić information content (AvgIpc) is 3.51. The second-order valence-corrected chi connectivity index (χ2v) is 14.6. The lowest BCUT2D eigenvalue weighted by molar-refractivity contribution is 0.660. The molecule has 0 saturated carbocycles. The van der Waals surface area contributed by atoms with Gasteiger partial charge in [-0.25, -0.2) is 0 Å². The maximum Gasteiger partial charge on any atom is 0.0546 e. The zero-order valence-electron chi connectivity index (χ0n) is 28.5. The van der Waals surface area contributed by atoms with Gasteiger partial charge < -0.3 is 4.90 Å². The van der Waals surface area contributed by atoms with E-state index < -0.39 is 0 Å². The number of hydrogen-bond acceptors (Lipinski definition) is 1. The fourth-order valence-corrected chi connectivity index (χ4v) is 8.58. The first kappa shape index (κ1) is 29.5. The smallest absolute Gasteiger partial charge is 0.0546 e. The Morgan fingerprint density at radius 3 is 1.51 bits per heavy atom. The minimum absolute atomic E-state index is 0.0938. The lowest BCUT2D eigenvalue weighted by atomic mass is 9.81. The number of hydrogen-bond donors (Lipinski definition) is 0. The van der Waals surface area contributed by atoms with Gasteiger partial charge in [-0.3, -0.25) is 0 Å². The van der Waals surface area contributed by atoms with Gasteiger partial charge in [0.1, 0.15) is 0 Å². The lowest BCUT2D eigenvalue weighted by Gasteiger charge is -2.31. The molecule has 0 aliphatic heterocycles. The molecule has 0 bridgehead atoms. The number of anilines is 3. The second kappa shape index (κ2) is 10.9. The molecule has 2 aliphatic carbocycles. The molecule has 236 valence electrons. The molecule has 0 unspecified atom stereocenters. The summed E-state index contributed by atoms with van der Waals surface area (Å²) in [6, 6.07) is 60.5. The Kier molecular flexibility index (Phi) is 6.58. The summed E-state index contributed by atoms with van der Waals surface area (Å²) in [4.78, 5) is 2.47. The SMILES string of the molecule is CC1(C)c2ccccc2-c2ccc(-c3c(-c4ccccc4)cccc3N(c3ccccc3)c3ccc4c(c3)C(C)(C)c3ccccc3-4)cc21. The Morgan fingerprint density at radius 2 is 0.857 bits per heavy atom. The van der Waals surface area contributed by atoms with Gasteiger partial charge in [0.05, 0.1) is 5.69 Å². The number of nitrogens with zero attached hydrogens (tertiary/aromatic N) is 1. The molecule has 0 aromatic heterocycles. The van der Waals surface area contributed by atoms with Gasteiger partial charge in [-0.1, -0.05) is 155 Å². The van der Waals surface area contributed by atoms with Gasteiger partial charge in [-0.15, -0.1) is 0 Å². The lowest BCUT2D eigenvalue weighted by Crippen LogP contribution is -2.17. The highest BCUT2D eigenvalue weighted by Crippen LogP contribution is 2.54. The van der Waals surface area contributed by atoms with Crippen LogP contribution in [0.15, 0.2) is 164 Å². The Hall–Kier alpha value is -5.66. The minimum Gasteiger partial charge on any atom is -0.310 e. The summed E-state index contributed by atoms with van der Waals surface area (Å²) in [5, 5.41) is 0. The first-order valence-electron chi connectivity index (χ1n) is 17.4. The Morgan fingerprint density at radius 1 is 0.347 bits per heavy atom. The zero-order valence-corrected chi connectivity index (χ0v) is 28.5. The molecule has 0 spiro atoms. The average molecular weight is 630 g/mol. The molecule has 9 rings (SSSR count). The Balaban J connectivity index is 1.30. The minimum atomic E-state index is -0.0976. The van der Waals surface area contributed by atoms with Gasteiger partial charge in [-0.05, 0) is 97.6 Å².